The van der Waals surface area contributed by atoms with E-state index in [1.165, 1.54) is 0 Å². The van der Waals surface area contributed by atoms with E-state index in [1.807, 2.05) is 0 Å². The van der Waals surface area contributed by atoms with Crippen LogP contribution in [0.5, 0.6) is 0 Å². The summed E-state index contributed by atoms with van der Waals surface area (Å²) in [5.41, 5.74) is 0. The number of hydrogen-bond donors (Lipinski definition) is 1. The monoisotopic (exact) mass is 128 g/mol. The third-order valence-corrected chi connectivity index (χ3v) is 1.93. The average molecular weight is 128 g/mol. The Morgan fingerprint density at radius 1 is 1.78 bits per heavy atom. The molecule has 1 aliphatic carbocycles. The summed E-state index contributed by atoms with van der Waals surface area (Å²) >= 11 is 0. The van der Waals surface area contributed by atoms with E-state index in [2.05, 4.69) is 0 Å². The number of carbonyl (C=O) groups excluding carboxylic acids is 1. The number of Topliss-reactive ketones (excluding diaryl/α,β-unsaturated/α-hetero) is 1. The zero-order valence-electron chi connectivity index (χ0n) is 5.63. The fourth-order valence-electron chi connectivity index (χ4n) is 1.35. The van der Waals surface area contributed by atoms with Crippen LogP contribution in [0.1, 0.15) is 26.2 Å². The van der Waals surface area contributed by atoms with Crippen molar-refractivity contribution in [1.29, 1.82) is 0 Å². The molecule has 0 heterocycles. The van der Waals surface area contributed by atoms with Gasteiger partial charge in [-0.1, -0.05) is 0 Å². The Morgan fingerprint density at radius 3 is 2.67 bits per heavy atom. The van der Waals surface area contributed by atoms with Crippen LogP contribution in [0.3, 0.4) is 0 Å². The highest BCUT2D eigenvalue weighted by atomic mass is 16.3. The van der Waals surface area contributed by atoms with Gasteiger partial charge in [0, 0.05) is 12.3 Å². The maximum Gasteiger partial charge on any atom is 0.138 e. The first-order valence-electron chi connectivity index (χ1n) is 3.42. The Hall–Kier alpha value is -0.370. The summed E-state index contributed by atoms with van der Waals surface area (Å²) in [6.45, 7) is 1.69. The highest BCUT2D eigenvalue weighted by Crippen LogP contribution is 2.23. The van der Waals surface area contributed by atoms with Gasteiger partial charge in [-0.3, -0.25) is 4.79 Å². The summed E-state index contributed by atoms with van der Waals surface area (Å²) in [5, 5.41) is 9.00. The van der Waals surface area contributed by atoms with E-state index in [4.69, 9.17) is 5.11 Å². The minimum Gasteiger partial charge on any atom is -0.393 e. The fraction of sp³-hybridized carbons (Fsp3) is 0.857. The van der Waals surface area contributed by atoms with Gasteiger partial charge in [-0.05, 0) is 19.8 Å². The molecule has 2 heteroatoms. The average Bonchev–Trinajstić information content (AvgIpc) is 2.13. The molecule has 2 nitrogen and oxygen atoms in total. The van der Waals surface area contributed by atoms with Gasteiger partial charge in [0.1, 0.15) is 5.78 Å². The van der Waals surface area contributed by atoms with Crippen molar-refractivity contribution in [2.45, 2.75) is 32.3 Å². The van der Waals surface area contributed by atoms with Crippen molar-refractivity contribution in [2.24, 2.45) is 5.92 Å². The molecule has 0 bridgehead atoms. The van der Waals surface area contributed by atoms with Gasteiger partial charge in [-0.15, -0.1) is 0 Å². The van der Waals surface area contributed by atoms with Gasteiger partial charge in [0.25, 0.3) is 0 Å². The molecule has 1 aliphatic rings. The first-order chi connectivity index (χ1) is 4.22. The Bertz CT molecular complexity index is 118. The maximum absolute atomic E-state index is 10.9. The molecule has 52 valence electrons. The number of hydrogen-bond acceptors (Lipinski definition) is 2. The van der Waals surface area contributed by atoms with Gasteiger partial charge >= 0.3 is 0 Å². The Balaban J connectivity index is 2.49. The van der Waals surface area contributed by atoms with E-state index in [-0.39, 0.29) is 11.7 Å². The molecular formula is C7H12O2. The largest absolute Gasteiger partial charge is 0.393 e. The quantitative estimate of drug-likeness (QED) is 0.565. The first-order valence-corrected chi connectivity index (χ1v) is 3.42. The second-order valence-corrected chi connectivity index (χ2v) is 2.71. The molecule has 0 saturated heterocycles. The van der Waals surface area contributed by atoms with E-state index in [1.54, 1.807) is 6.92 Å². The number of carbonyl (C=O) groups is 1. The third-order valence-electron chi connectivity index (χ3n) is 1.93. The minimum atomic E-state index is -0.431. The van der Waals surface area contributed by atoms with E-state index in [9.17, 15) is 4.79 Å². The molecule has 0 spiro atoms. The molecule has 1 saturated carbocycles. The molecule has 1 rings (SSSR count). The zero-order valence-corrected chi connectivity index (χ0v) is 5.63. The molecule has 0 aromatic carbocycles. The van der Waals surface area contributed by atoms with Crippen LogP contribution in [-0.4, -0.2) is 17.0 Å². The third kappa shape index (κ3) is 1.30. The standard InChI is InChI=1S/C7H12O2/c1-5(8)6-3-2-4-7(6)9/h5-6,8H,2-4H2,1H3/t5-,6+/m1/s1. The number of aliphatic hydroxyl groups is 1. The van der Waals surface area contributed by atoms with E-state index >= 15 is 0 Å². The van der Waals surface area contributed by atoms with Gasteiger partial charge in [0.15, 0.2) is 0 Å². The molecule has 0 aliphatic heterocycles. The van der Waals surface area contributed by atoms with Crippen LogP contribution >= 0.6 is 0 Å². The minimum absolute atomic E-state index is 0.0509. The van der Waals surface area contributed by atoms with Crippen LogP contribution in [0.15, 0.2) is 0 Å². The second kappa shape index (κ2) is 2.48. The van der Waals surface area contributed by atoms with Gasteiger partial charge in [-0.2, -0.15) is 0 Å². The molecule has 0 amide bonds. The van der Waals surface area contributed by atoms with Gasteiger partial charge < -0.3 is 5.11 Å². The van der Waals surface area contributed by atoms with E-state index in [0.717, 1.165) is 12.8 Å². The van der Waals surface area contributed by atoms with Crippen molar-refractivity contribution >= 4 is 5.78 Å². The molecule has 0 aromatic rings. The summed E-state index contributed by atoms with van der Waals surface area (Å²) in [5.74, 6) is 0.190. The highest BCUT2D eigenvalue weighted by molar-refractivity contribution is 5.83. The van der Waals surface area contributed by atoms with Gasteiger partial charge in [0.2, 0.25) is 0 Å². The van der Waals surface area contributed by atoms with Crippen LogP contribution in [0.4, 0.5) is 0 Å². The summed E-state index contributed by atoms with van der Waals surface area (Å²) in [4.78, 5) is 10.9. The topological polar surface area (TPSA) is 37.3 Å². The van der Waals surface area contributed by atoms with Gasteiger partial charge in [0.05, 0.1) is 6.10 Å². The SMILES string of the molecule is C[C@@H](O)[C@@H]1CCCC1=O. The predicted octanol–water partition coefficient (Wildman–Crippen LogP) is 0.736. The van der Waals surface area contributed by atoms with Crippen molar-refractivity contribution in [1.82, 2.24) is 0 Å². The van der Waals surface area contributed by atoms with Crippen molar-refractivity contribution in [3.8, 4) is 0 Å². The van der Waals surface area contributed by atoms with Crippen LogP contribution < -0.4 is 0 Å². The molecule has 1 N–H and O–H groups in total. The molecule has 1 fully saturated rings. The zero-order chi connectivity index (χ0) is 6.85. The first kappa shape index (κ1) is 6.75. The smallest absolute Gasteiger partial charge is 0.138 e. The van der Waals surface area contributed by atoms with Crippen molar-refractivity contribution < 1.29 is 9.90 Å². The maximum atomic E-state index is 10.9. The highest BCUT2D eigenvalue weighted by Gasteiger charge is 2.27. The summed E-state index contributed by atoms with van der Waals surface area (Å²) < 4.78 is 0. The van der Waals surface area contributed by atoms with Crippen molar-refractivity contribution in [2.75, 3.05) is 0 Å². The predicted molar refractivity (Wildman–Crippen MR) is 34.0 cm³/mol. The summed E-state index contributed by atoms with van der Waals surface area (Å²) in [6, 6.07) is 0. The molecule has 2 atom stereocenters. The van der Waals surface area contributed by atoms with Crippen LogP contribution in [0, 0.1) is 5.92 Å². The lowest BCUT2D eigenvalue weighted by Crippen LogP contribution is -2.20. The fourth-order valence-corrected chi connectivity index (χ4v) is 1.35. The van der Waals surface area contributed by atoms with Crippen LogP contribution in [-0.2, 0) is 4.79 Å². The van der Waals surface area contributed by atoms with Gasteiger partial charge in [-0.25, -0.2) is 0 Å². The van der Waals surface area contributed by atoms with E-state index < -0.39 is 6.10 Å². The molecule has 0 radical (unpaired) electrons. The number of rotatable bonds is 1. The summed E-state index contributed by atoms with van der Waals surface area (Å²) in [6.07, 6.45) is 2.10. The van der Waals surface area contributed by atoms with Crippen LogP contribution in [0.2, 0.25) is 0 Å². The Morgan fingerprint density at radius 2 is 2.44 bits per heavy atom. The van der Waals surface area contributed by atoms with Crippen LogP contribution in [0.25, 0.3) is 0 Å². The lowest BCUT2D eigenvalue weighted by atomic mass is 10.0. The summed E-state index contributed by atoms with van der Waals surface area (Å²) in [7, 11) is 0. The van der Waals surface area contributed by atoms with Crippen molar-refractivity contribution in [3.05, 3.63) is 0 Å². The molecule has 9 heavy (non-hydrogen) atoms. The van der Waals surface area contributed by atoms with E-state index in [0.29, 0.717) is 6.42 Å². The van der Waals surface area contributed by atoms with Crippen molar-refractivity contribution in [3.63, 3.8) is 0 Å². The Labute approximate surface area is 54.9 Å². The number of ketones is 1. The Kier molecular flexibility index (Phi) is 1.86. The lowest BCUT2D eigenvalue weighted by Gasteiger charge is -2.09. The second-order valence-electron chi connectivity index (χ2n) is 2.71. The normalized spacial score (nSPS) is 30.9. The number of aliphatic hydroxyl groups excluding tert-OH is 1. The molecular weight excluding hydrogens is 116 g/mol. The molecule has 0 unspecified atom stereocenters. The lowest BCUT2D eigenvalue weighted by molar-refractivity contribution is -0.123. The molecule has 0 aromatic heterocycles.